The molecule has 0 unspecified atom stereocenters. The average Bonchev–Trinajstić information content (AvgIpc) is 2.55. The molecule has 0 fully saturated rings. The number of nitrogens with zero attached hydrogens (tertiary/aromatic N) is 1. The molecular formula is C16H17N3O4S. The van der Waals surface area contributed by atoms with Crippen molar-refractivity contribution >= 4 is 28.2 Å². The molecule has 8 heteroatoms. The van der Waals surface area contributed by atoms with Crippen LogP contribution >= 0.6 is 0 Å². The highest BCUT2D eigenvalue weighted by Crippen LogP contribution is 2.13. The molecule has 0 aliphatic heterocycles. The number of hydrogen-bond donors (Lipinski definition) is 2. The first-order valence-corrected chi connectivity index (χ1v) is 8.73. The molecule has 2 N–H and O–H groups in total. The number of non-ortho nitro benzene ring substituents is 1. The number of rotatable bonds is 6. The molecule has 2 aromatic rings. The Kier molecular flexibility index (Phi) is 6.02. The van der Waals surface area contributed by atoms with E-state index in [1.165, 1.54) is 12.1 Å². The van der Waals surface area contributed by atoms with Crippen molar-refractivity contribution < 1.29 is 13.9 Å². The van der Waals surface area contributed by atoms with E-state index in [2.05, 4.69) is 10.6 Å². The highest BCUT2D eigenvalue weighted by Gasteiger charge is 2.06. The largest absolute Gasteiger partial charge is 0.338 e. The molecule has 0 heterocycles. The fraction of sp³-hybridized carbons (Fsp3) is 0.188. The van der Waals surface area contributed by atoms with Crippen molar-refractivity contribution in [2.45, 2.75) is 11.3 Å². The SMILES string of the molecule is C[S@@](=O)c1ccc(NC(=O)NCCc2cccc([N+](=O)[O-])c2)cc1. The Hall–Kier alpha value is -2.74. The van der Waals surface area contributed by atoms with E-state index >= 15 is 0 Å². The molecule has 1 atom stereocenters. The normalized spacial score (nSPS) is 11.5. The van der Waals surface area contributed by atoms with E-state index in [9.17, 15) is 19.1 Å². The van der Waals surface area contributed by atoms with Crippen LogP contribution in [0.15, 0.2) is 53.4 Å². The van der Waals surface area contributed by atoms with Gasteiger partial charge in [0.1, 0.15) is 0 Å². The number of carbonyl (C=O) groups excluding carboxylic acids is 1. The zero-order valence-corrected chi connectivity index (χ0v) is 13.8. The van der Waals surface area contributed by atoms with Gasteiger partial charge in [0, 0.05) is 46.3 Å². The first-order chi connectivity index (χ1) is 11.5. The predicted molar refractivity (Wildman–Crippen MR) is 92.6 cm³/mol. The quantitative estimate of drug-likeness (QED) is 0.619. The Balaban J connectivity index is 1.82. The molecule has 0 aromatic heterocycles. The van der Waals surface area contributed by atoms with Crippen molar-refractivity contribution in [3.8, 4) is 0 Å². The monoisotopic (exact) mass is 347 g/mol. The minimum atomic E-state index is -1.06. The molecule has 0 aliphatic carbocycles. The zero-order chi connectivity index (χ0) is 17.5. The minimum Gasteiger partial charge on any atom is -0.338 e. The third-order valence-electron chi connectivity index (χ3n) is 3.26. The van der Waals surface area contributed by atoms with Crippen molar-refractivity contribution in [3.63, 3.8) is 0 Å². The first-order valence-electron chi connectivity index (χ1n) is 7.17. The van der Waals surface area contributed by atoms with Crippen LogP contribution in [0.25, 0.3) is 0 Å². The fourth-order valence-electron chi connectivity index (χ4n) is 2.05. The van der Waals surface area contributed by atoms with Gasteiger partial charge in [-0.1, -0.05) is 12.1 Å². The number of nitro groups is 1. The van der Waals surface area contributed by atoms with Gasteiger partial charge < -0.3 is 10.6 Å². The topological polar surface area (TPSA) is 101 Å². The lowest BCUT2D eigenvalue weighted by Crippen LogP contribution is -2.30. The summed E-state index contributed by atoms with van der Waals surface area (Å²) >= 11 is 0. The van der Waals surface area contributed by atoms with Gasteiger partial charge in [-0.2, -0.15) is 0 Å². The minimum absolute atomic E-state index is 0.0327. The summed E-state index contributed by atoms with van der Waals surface area (Å²) in [6.45, 7) is 0.351. The van der Waals surface area contributed by atoms with Crippen LogP contribution in [0.1, 0.15) is 5.56 Å². The van der Waals surface area contributed by atoms with Gasteiger partial charge in [-0.15, -0.1) is 0 Å². The molecule has 2 amide bonds. The van der Waals surface area contributed by atoms with Crippen LogP contribution < -0.4 is 10.6 Å². The molecule has 7 nitrogen and oxygen atoms in total. The molecule has 0 radical (unpaired) electrons. The number of nitrogens with one attached hydrogen (secondary N) is 2. The van der Waals surface area contributed by atoms with Gasteiger partial charge in [0.15, 0.2) is 0 Å². The predicted octanol–water partition coefficient (Wildman–Crippen LogP) is 2.70. The van der Waals surface area contributed by atoms with Crippen LogP contribution in [-0.4, -0.2) is 28.0 Å². The van der Waals surface area contributed by atoms with Gasteiger partial charge in [0.2, 0.25) is 0 Å². The van der Waals surface area contributed by atoms with Crippen LogP contribution in [0, 0.1) is 10.1 Å². The Morgan fingerprint density at radius 2 is 1.92 bits per heavy atom. The summed E-state index contributed by atoms with van der Waals surface area (Å²) in [6.07, 6.45) is 2.08. The lowest BCUT2D eigenvalue weighted by Gasteiger charge is -2.08. The summed E-state index contributed by atoms with van der Waals surface area (Å²) in [5.41, 5.74) is 1.40. The summed E-state index contributed by atoms with van der Waals surface area (Å²) in [6, 6.07) is 12.7. The van der Waals surface area contributed by atoms with E-state index in [1.54, 1.807) is 42.7 Å². The summed E-state index contributed by atoms with van der Waals surface area (Å²) in [7, 11) is -1.06. The average molecular weight is 347 g/mol. The first kappa shape index (κ1) is 17.6. The van der Waals surface area contributed by atoms with Crippen molar-refractivity contribution in [2.75, 3.05) is 18.1 Å². The highest BCUT2D eigenvalue weighted by atomic mass is 32.2. The molecule has 0 spiro atoms. The van der Waals surface area contributed by atoms with Crippen LogP contribution in [0.3, 0.4) is 0 Å². The Morgan fingerprint density at radius 1 is 1.21 bits per heavy atom. The van der Waals surface area contributed by atoms with Crippen LogP contribution in [0.2, 0.25) is 0 Å². The molecular weight excluding hydrogens is 330 g/mol. The molecule has 0 saturated carbocycles. The van der Waals surface area contributed by atoms with Gasteiger partial charge in [0.05, 0.1) is 4.92 Å². The van der Waals surface area contributed by atoms with E-state index in [-0.39, 0.29) is 11.7 Å². The summed E-state index contributed by atoms with van der Waals surface area (Å²) < 4.78 is 11.3. The van der Waals surface area contributed by atoms with E-state index in [0.717, 1.165) is 5.56 Å². The van der Waals surface area contributed by atoms with Crippen molar-refractivity contribution in [2.24, 2.45) is 0 Å². The number of nitro benzene ring substituents is 1. The van der Waals surface area contributed by atoms with Crippen LogP contribution in [0.5, 0.6) is 0 Å². The number of hydrogen-bond acceptors (Lipinski definition) is 4. The Labute approximate surface area is 141 Å². The number of anilines is 1. The van der Waals surface area contributed by atoms with Gasteiger partial charge in [-0.3, -0.25) is 14.3 Å². The zero-order valence-electron chi connectivity index (χ0n) is 13.0. The molecule has 2 rings (SSSR count). The third-order valence-corrected chi connectivity index (χ3v) is 4.20. The number of benzene rings is 2. The van der Waals surface area contributed by atoms with Gasteiger partial charge >= 0.3 is 6.03 Å². The number of amides is 2. The second kappa shape index (κ2) is 8.21. The molecule has 0 saturated heterocycles. The maximum atomic E-state index is 11.8. The second-order valence-corrected chi connectivity index (χ2v) is 6.42. The summed E-state index contributed by atoms with van der Waals surface area (Å²) in [5, 5.41) is 16.1. The molecule has 0 bridgehead atoms. The van der Waals surface area contributed by atoms with Crippen molar-refractivity contribution in [1.29, 1.82) is 0 Å². The second-order valence-electron chi connectivity index (χ2n) is 5.04. The van der Waals surface area contributed by atoms with Crippen molar-refractivity contribution in [3.05, 3.63) is 64.2 Å². The maximum absolute atomic E-state index is 11.8. The third kappa shape index (κ3) is 5.17. The fourth-order valence-corrected chi connectivity index (χ4v) is 2.57. The van der Waals surface area contributed by atoms with Crippen LogP contribution in [0.4, 0.5) is 16.2 Å². The Morgan fingerprint density at radius 3 is 2.54 bits per heavy atom. The summed E-state index contributed by atoms with van der Waals surface area (Å²) in [4.78, 5) is 22.8. The smallest absolute Gasteiger partial charge is 0.319 e. The lowest BCUT2D eigenvalue weighted by atomic mass is 10.1. The van der Waals surface area contributed by atoms with Gasteiger partial charge in [0.25, 0.3) is 5.69 Å². The molecule has 24 heavy (non-hydrogen) atoms. The number of carbonyl (C=O) groups is 1. The van der Waals surface area contributed by atoms with E-state index < -0.39 is 15.7 Å². The lowest BCUT2D eigenvalue weighted by molar-refractivity contribution is -0.384. The molecule has 0 aliphatic rings. The van der Waals surface area contributed by atoms with Gasteiger partial charge in [-0.25, -0.2) is 4.79 Å². The van der Waals surface area contributed by atoms with Crippen molar-refractivity contribution in [1.82, 2.24) is 5.32 Å². The number of urea groups is 1. The highest BCUT2D eigenvalue weighted by molar-refractivity contribution is 7.84. The van der Waals surface area contributed by atoms with E-state index in [1.807, 2.05) is 0 Å². The van der Waals surface area contributed by atoms with Gasteiger partial charge in [-0.05, 0) is 36.2 Å². The summed E-state index contributed by atoms with van der Waals surface area (Å²) in [5.74, 6) is 0. The molecule has 2 aromatic carbocycles. The standard InChI is InChI=1S/C16H17N3O4S/c1-24(23)15-7-5-13(6-8-15)18-16(20)17-10-9-12-3-2-4-14(11-12)19(21)22/h2-8,11H,9-10H2,1H3,(H2,17,18,20)/t24-/m1/s1. The Bertz CT molecular complexity index is 762. The van der Waals surface area contributed by atoms with Crippen LogP contribution in [-0.2, 0) is 17.2 Å². The molecule has 126 valence electrons. The maximum Gasteiger partial charge on any atom is 0.319 e. The van der Waals surface area contributed by atoms with E-state index in [0.29, 0.717) is 23.5 Å². The van der Waals surface area contributed by atoms with E-state index in [4.69, 9.17) is 0 Å².